The van der Waals surface area contributed by atoms with E-state index in [-0.39, 0.29) is 0 Å². The minimum atomic E-state index is 0.457. The van der Waals surface area contributed by atoms with Gasteiger partial charge in [0.05, 0.1) is 25.9 Å². The molecule has 10 heavy (non-hydrogen) atoms. The minimum Gasteiger partial charge on any atom is -0.383 e. The molecule has 0 aliphatic carbocycles. The largest absolute Gasteiger partial charge is 0.383 e. The Kier molecular flexibility index (Phi) is 3.12. The van der Waals surface area contributed by atoms with Crippen molar-refractivity contribution in [3.63, 3.8) is 0 Å². The molecular formula is C7H15NO2. The maximum Gasteiger partial charge on any atom is 0.0644 e. The van der Waals surface area contributed by atoms with Gasteiger partial charge >= 0.3 is 0 Å². The molecule has 0 amide bonds. The van der Waals surface area contributed by atoms with Crippen LogP contribution >= 0.6 is 0 Å². The van der Waals surface area contributed by atoms with Gasteiger partial charge in [-0.2, -0.15) is 0 Å². The first-order valence-corrected chi connectivity index (χ1v) is 3.61. The summed E-state index contributed by atoms with van der Waals surface area (Å²) in [4.78, 5) is 2.27. The summed E-state index contributed by atoms with van der Waals surface area (Å²) in [6.45, 7) is 3.46. The monoisotopic (exact) mass is 145 g/mol. The van der Waals surface area contributed by atoms with Crippen molar-refractivity contribution in [3.8, 4) is 0 Å². The van der Waals surface area contributed by atoms with Crippen molar-refractivity contribution in [2.45, 2.75) is 6.04 Å². The van der Waals surface area contributed by atoms with Crippen molar-refractivity contribution >= 4 is 0 Å². The summed E-state index contributed by atoms with van der Waals surface area (Å²) < 4.78 is 10.3. The topological polar surface area (TPSA) is 21.7 Å². The summed E-state index contributed by atoms with van der Waals surface area (Å²) in [5.41, 5.74) is 0. The highest BCUT2D eigenvalue weighted by Crippen LogP contribution is 2.03. The third-order valence-electron chi connectivity index (χ3n) is 1.88. The second-order valence-corrected chi connectivity index (χ2v) is 2.66. The first kappa shape index (κ1) is 7.98. The molecule has 1 aliphatic heterocycles. The van der Waals surface area contributed by atoms with Gasteiger partial charge in [-0.3, -0.25) is 4.90 Å². The van der Waals surface area contributed by atoms with Crippen LogP contribution in [0.1, 0.15) is 0 Å². The third-order valence-corrected chi connectivity index (χ3v) is 1.88. The zero-order valence-corrected chi connectivity index (χ0v) is 6.67. The number of morpholine rings is 1. The van der Waals surface area contributed by atoms with Crippen molar-refractivity contribution in [1.82, 2.24) is 4.90 Å². The number of methoxy groups -OCH3 is 1. The summed E-state index contributed by atoms with van der Waals surface area (Å²) in [6, 6.07) is 0.457. The smallest absolute Gasteiger partial charge is 0.0644 e. The van der Waals surface area contributed by atoms with E-state index in [0.717, 1.165) is 26.4 Å². The summed E-state index contributed by atoms with van der Waals surface area (Å²) in [6.07, 6.45) is 0. The van der Waals surface area contributed by atoms with E-state index >= 15 is 0 Å². The van der Waals surface area contributed by atoms with Crippen molar-refractivity contribution in [3.05, 3.63) is 0 Å². The molecule has 0 aromatic heterocycles. The van der Waals surface area contributed by atoms with Gasteiger partial charge in [-0.1, -0.05) is 0 Å². The average molecular weight is 145 g/mol. The van der Waals surface area contributed by atoms with Gasteiger partial charge in [-0.25, -0.2) is 0 Å². The lowest BCUT2D eigenvalue weighted by molar-refractivity contribution is -0.0231. The number of hydrogen-bond donors (Lipinski definition) is 0. The molecule has 1 unspecified atom stereocenters. The highest BCUT2D eigenvalue weighted by molar-refractivity contribution is 4.70. The Labute approximate surface area is 61.9 Å². The van der Waals surface area contributed by atoms with Gasteiger partial charge < -0.3 is 9.47 Å². The molecule has 0 spiro atoms. The Morgan fingerprint density at radius 1 is 1.70 bits per heavy atom. The fraction of sp³-hybridized carbons (Fsp3) is 1.00. The zero-order valence-electron chi connectivity index (χ0n) is 6.67. The van der Waals surface area contributed by atoms with Crippen LogP contribution in [-0.2, 0) is 9.47 Å². The fourth-order valence-electron chi connectivity index (χ4n) is 1.11. The van der Waals surface area contributed by atoms with E-state index in [0.29, 0.717) is 6.04 Å². The molecule has 1 aliphatic rings. The molecule has 0 aromatic rings. The number of likely N-dealkylation sites (N-methyl/N-ethyl adjacent to an activating group) is 1. The molecule has 1 saturated heterocycles. The maximum atomic E-state index is 5.28. The fourth-order valence-corrected chi connectivity index (χ4v) is 1.11. The Bertz CT molecular complexity index is 95.6. The van der Waals surface area contributed by atoms with Crippen LogP contribution in [0.15, 0.2) is 0 Å². The van der Waals surface area contributed by atoms with E-state index in [1.807, 2.05) is 0 Å². The SMILES string of the molecule is COCC1COCCN1C. The average Bonchev–Trinajstić information content (AvgIpc) is 1.94. The number of nitrogens with zero attached hydrogens (tertiary/aromatic N) is 1. The van der Waals surface area contributed by atoms with E-state index in [9.17, 15) is 0 Å². The van der Waals surface area contributed by atoms with Crippen LogP contribution in [0.3, 0.4) is 0 Å². The van der Waals surface area contributed by atoms with Crippen LogP contribution in [0.2, 0.25) is 0 Å². The van der Waals surface area contributed by atoms with E-state index in [2.05, 4.69) is 11.9 Å². The summed E-state index contributed by atoms with van der Waals surface area (Å²) in [7, 11) is 3.83. The van der Waals surface area contributed by atoms with Crippen molar-refractivity contribution in [2.75, 3.05) is 40.5 Å². The van der Waals surface area contributed by atoms with Crippen LogP contribution in [0.4, 0.5) is 0 Å². The van der Waals surface area contributed by atoms with Crippen LogP contribution in [0.5, 0.6) is 0 Å². The molecule has 0 bridgehead atoms. The van der Waals surface area contributed by atoms with Crippen molar-refractivity contribution < 1.29 is 9.47 Å². The van der Waals surface area contributed by atoms with E-state index < -0.39 is 0 Å². The van der Waals surface area contributed by atoms with Crippen molar-refractivity contribution in [2.24, 2.45) is 0 Å². The number of hydrogen-bond acceptors (Lipinski definition) is 3. The molecule has 0 saturated carbocycles. The molecule has 0 N–H and O–H groups in total. The number of ether oxygens (including phenoxy) is 2. The Balaban J connectivity index is 2.25. The first-order chi connectivity index (χ1) is 4.84. The predicted octanol–water partition coefficient (Wildman–Crippen LogP) is -0.0366. The highest BCUT2D eigenvalue weighted by Gasteiger charge is 2.18. The van der Waals surface area contributed by atoms with Gasteiger partial charge in [0.2, 0.25) is 0 Å². The van der Waals surface area contributed by atoms with Crippen molar-refractivity contribution in [1.29, 1.82) is 0 Å². The van der Waals surface area contributed by atoms with Crippen LogP contribution in [-0.4, -0.2) is 51.5 Å². The molecule has 1 atom stereocenters. The van der Waals surface area contributed by atoms with Crippen LogP contribution in [0.25, 0.3) is 0 Å². The molecule has 60 valence electrons. The first-order valence-electron chi connectivity index (χ1n) is 3.61. The third kappa shape index (κ3) is 1.94. The minimum absolute atomic E-state index is 0.457. The molecule has 3 nitrogen and oxygen atoms in total. The highest BCUT2D eigenvalue weighted by atomic mass is 16.5. The Morgan fingerprint density at radius 3 is 3.10 bits per heavy atom. The lowest BCUT2D eigenvalue weighted by Crippen LogP contribution is -2.45. The van der Waals surface area contributed by atoms with Crippen LogP contribution in [0, 0.1) is 0 Å². The Hall–Kier alpha value is -0.120. The van der Waals surface area contributed by atoms with Gasteiger partial charge in [0, 0.05) is 13.7 Å². The van der Waals surface area contributed by atoms with Gasteiger partial charge in [0.15, 0.2) is 0 Å². The van der Waals surface area contributed by atoms with Gasteiger partial charge in [-0.15, -0.1) is 0 Å². The quantitative estimate of drug-likeness (QED) is 0.544. The van der Waals surface area contributed by atoms with E-state index in [1.54, 1.807) is 7.11 Å². The lowest BCUT2D eigenvalue weighted by atomic mass is 10.2. The van der Waals surface area contributed by atoms with Gasteiger partial charge in [-0.05, 0) is 7.05 Å². The zero-order chi connectivity index (χ0) is 7.40. The number of rotatable bonds is 2. The van der Waals surface area contributed by atoms with E-state index in [4.69, 9.17) is 9.47 Å². The van der Waals surface area contributed by atoms with Gasteiger partial charge in [0.1, 0.15) is 0 Å². The molecule has 1 heterocycles. The van der Waals surface area contributed by atoms with E-state index in [1.165, 1.54) is 0 Å². The maximum absolute atomic E-state index is 5.28. The molecule has 0 radical (unpaired) electrons. The Morgan fingerprint density at radius 2 is 2.50 bits per heavy atom. The second-order valence-electron chi connectivity index (χ2n) is 2.66. The summed E-state index contributed by atoms with van der Waals surface area (Å²) in [5, 5.41) is 0. The molecule has 3 heteroatoms. The predicted molar refractivity (Wildman–Crippen MR) is 39.1 cm³/mol. The van der Waals surface area contributed by atoms with Crippen LogP contribution < -0.4 is 0 Å². The lowest BCUT2D eigenvalue weighted by Gasteiger charge is -2.31. The second kappa shape index (κ2) is 3.91. The molecule has 1 fully saturated rings. The summed E-state index contributed by atoms with van der Waals surface area (Å²) >= 11 is 0. The molecular weight excluding hydrogens is 130 g/mol. The summed E-state index contributed by atoms with van der Waals surface area (Å²) in [5.74, 6) is 0. The van der Waals surface area contributed by atoms with Gasteiger partial charge in [0.25, 0.3) is 0 Å². The molecule has 1 rings (SSSR count). The normalized spacial score (nSPS) is 28.8. The molecule has 0 aromatic carbocycles. The standard InChI is InChI=1S/C7H15NO2/c1-8-3-4-10-6-7(8)5-9-2/h7H,3-6H2,1-2H3.